The van der Waals surface area contributed by atoms with E-state index in [-0.39, 0.29) is 11.3 Å². The summed E-state index contributed by atoms with van der Waals surface area (Å²) < 4.78 is 5.52. The fourth-order valence-corrected chi connectivity index (χ4v) is 1.48. The largest absolute Gasteiger partial charge is 0.492 e. The molecule has 1 atom stereocenters. The molecule has 0 spiro atoms. The minimum absolute atomic E-state index is 0.139. The summed E-state index contributed by atoms with van der Waals surface area (Å²) in [5.74, 6) is 0.667. The average Bonchev–Trinajstić information content (AvgIpc) is 2.34. The normalized spacial score (nSPS) is 12.9. The third kappa shape index (κ3) is 5.30. The fourth-order valence-electron chi connectivity index (χ4n) is 1.48. The summed E-state index contributed by atoms with van der Waals surface area (Å²) in [6, 6.07) is 7.30. The van der Waals surface area contributed by atoms with E-state index in [0.717, 1.165) is 5.75 Å². The van der Waals surface area contributed by atoms with Gasteiger partial charge in [-0.25, -0.2) is 0 Å². The van der Waals surface area contributed by atoms with Gasteiger partial charge in [0, 0.05) is 0 Å². The number of carbonyl (C=O) groups is 1. The third-order valence-corrected chi connectivity index (χ3v) is 2.91. The molecular weight excluding hydrogens is 240 g/mol. The van der Waals surface area contributed by atoms with Crippen LogP contribution >= 0.6 is 0 Å². The summed E-state index contributed by atoms with van der Waals surface area (Å²) in [5.41, 5.74) is 6.81. The van der Waals surface area contributed by atoms with Gasteiger partial charge in [0.15, 0.2) is 0 Å². The topological polar surface area (TPSA) is 64.3 Å². The molecule has 0 unspecified atom stereocenters. The van der Waals surface area contributed by atoms with Crippen LogP contribution in [-0.2, 0) is 4.79 Å². The van der Waals surface area contributed by atoms with Gasteiger partial charge in [-0.15, -0.1) is 0 Å². The van der Waals surface area contributed by atoms with Gasteiger partial charge in [0.25, 0.3) is 0 Å². The van der Waals surface area contributed by atoms with E-state index in [0.29, 0.717) is 13.2 Å². The van der Waals surface area contributed by atoms with Crippen molar-refractivity contribution in [2.75, 3.05) is 13.2 Å². The van der Waals surface area contributed by atoms with Gasteiger partial charge < -0.3 is 15.8 Å². The van der Waals surface area contributed by atoms with Crippen LogP contribution in [0, 0.1) is 12.3 Å². The Labute approximate surface area is 115 Å². The van der Waals surface area contributed by atoms with Gasteiger partial charge in [-0.3, -0.25) is 4.79 Å². The zero-order chi connectivity index (χ0) is 14.5. The standard InChI is InChI=1S/C15H24N2O2/c1-11-5-7-12(8-6-11)19-10-9-17-14(18)13(16)15(2,3)4/h5-8,13H,9-10,16H2,1-4H3,(H,17,18)/t13-/m1/s1. The number of hydrogen-bond donors (Lipinski definition) is 2. The molecule has 1 rings (SSSR count). The van der Waals surface area contributed by atoms with Crippen LogP contribution in [0.15, 0.2) is 24.3 Å². The van der Waals surface area contributed by atoms with Gasteiger partial charge in [-0.05, 0) is 24.5 Å². The maximum Gasteiger partial charge on any atom is 0.237 e. The van der Waals surface area contributed by atoms with E-state index in [1.165, 1.54) is 5.56 Å². The van der Waals surface area contributed by atoms with Crippen LogP contribution in [0.4, 0.5) is 0 Å². The maximum absolute atomic E-state index is 11.8. The van der Waals surface area contributed by atoms with E-state index in [9.17, 15) is 4.79 Å². The summed E-state index contributed by atoms with van der Waals surface area (Å²) >= 11 is 0. The minimum Gasteiger partial charge on any atom is -0.492 e. The lowest BCUT2D eigenvalue weighted by molar-refractivity contribution is -0.124. The highest BCUT2D eigenvalue weighted by Crippen LogP contribution is 2.17. The van der Waals surface area contributed by atoms with Crippen LogP contribution in [0.5, 0.6) is 5.75 Å². The van der Waals surface area contributed by atoms with Gasteiger partial charge >= 0.3 is 0 Å². The number of benzene rings is 1. The number of ether oxygens (including phenoxy) is 1. The van der Waals surface area contributed by atoms with Crippen LogP contribution in [-0.4, -0.2) is 25.1 Å². The first-order valence-corrected chi connectivity index (χ1v) is 6.53. The summed E-state index contributed by atoms with van der Waals surface area (Å²) in [5, 5.41) is 2.78. The molecule has 0 aromatic heterocycles. The number of hydrogen-bond acceptors (Lipinski definition) is 3. The molecule has 4 nitrogen and oxygen atoms in total. The SMILES string of the molecule is Cc1ccc(OCCNC(=O)[C@@H](N)C(C)(C)C)cc1. The molecule has 0 saturated carbocycles. The molecule has 0 aliphatic carbocycles. The molecule has 0 fully saturated rings. The lowest BCUT2D eigenvalue weighted by atomic mass is 9.87. The van der Waals surface area contributed by atoms with Crippen molar-refractivity contribution in [1.82, 2.24) is 5.32 Å². The van der Waals surface area contributed by atoms with Crippen molar-refractivity contribution < 1.29 is 9.53 Å². The predicted octanol–water partition coefficient (Wildman–Crippen LogP) is 1.86. The molecule has 1 amide bonds. The summed E-state index contributed by atoms with van der Waals surface area (Å²) in [7, 11) is 0. The van der Waals surface area contributed by atoms with E-state index in [1.807, 2.05) is 52.0 Å². The average molecular weight is 264 g/mol. The Balaban J connectivity index is 2.28. The van der Waals surface area contributed by atoms with Gasteiger partial charge in [0.05, 0.1) is 12.6 Å². The summed E-state index contributed by atoms with van der Waals surface area (Å²) in [4.78, 5) is 11.8. The number of amides is 1. The molecule has 1 aromatic rings. The Bertz CT molecular complexity index is 407. The molecule has 0 radical (unpaired) electrons. The van der Waals surface area contributed by atoms with Crippen LogP contribution in [0.3, 0.4) is 0 Å². The van der Waals surface area contributed by atoms with Crippen LogP contribution < -0.4 is 15.8 Å². The van der Waals surface area contributed by atoms with Crippen molar-refractivity contribution in [2.45, 2.75) is 33.7 Å². The molecule has 0 aliphatic heterocycles. The van der Waals surface area contributed by atoms with Crippen molar-refractivity contribution in [3.05, 3.63) is 29.8 Å². The predicted molar refractivity (Wildman–Crippen MR) is 77.1 cm³/mol. The van der Waals surface area contributed by atoms with E-state index in [4.69, 9.17) is 10.5 Å². The highest BCUT2D eigenvalue weighted by atomic mass is 16.5. The Hall–Kier alpha value is -1.55. The maximum atomic E-state index is 11.8. The van der Waals surface area contributed by atoms with Crippen molar-refractivity contribution in [3.63, 3.8) is 0 Å². The number of rotatable bonds is 5. The molecule has 4 heteroatoms. The second-order valence-corrected chi connectivity index (χ2v) is 5.80. The Morgan fingerprint density at radius 3 is 2.42 bits per heavy atom. The molecular formula is C15H24N2O2. The molecule has 19 heavy (non-hydrogen) atoms. The molecule has 0 heterocycles. The monoisotopic (exact) mass is 264 g/mol. The quantitative estimate of drug-likeness (QED) is 0.798. The van der Waals surface area contributed by atoms with Gasteiger partial charge in [-0.1, -0.05) is 38.5 Å². The van der Waals surface area contributed by atoms with Crippen molar-refractivity contribution in [1.29, 1.82) is 0 Å². The summed E-state index contributed by atoms with van der Waals surface area (Å²) in [6.45, 7) is 8.75. The Morgan fingerprint density at radius 2 is 1.89 bits per heavy atom. The van der Waals surface area contributed by atoms with Gasteiger partial charge in [-0.2, -0.15) is 0 Å². The highest BCUT2D eigenvalue weighted by Gasteiger charge is 2.26. The van der Waals surface area contributed by atoms with Crippen LogP contribution in [0.2, 0.25) is 0 Å². The van der Waals surface area contributed by atoms with Crippen molar-refractivity contribution >= 4 is 5.91 Å². The lowest BCUT2D eigenvalue weighted by Gasteiger charge is -2.25. The second kappa shape index (κ2) is 6.57. The Kier molecular flexibility index (Phi) is 5.36. The molecule has 106 valence electrons. The fraction of sp³-hybridized carbons (Fsp3) is 0.533. The molecule has 0 saturated heterocycles. The van der Waals surface area contributed by atoms with Crippen molar-refractivity contribution in [2.24, 2.45) is 11.1 Å². The number of aryl methyl sites for hydroxylation is 1. The van der Waals surface area contributed by atoms with Crippen LogP contribution in [0.1, 0.15) is 26.3 Å². The minimum atomic E-state index is -0.508. The summed E-state index contributed by atoms with van der Waals surface area (Å²) in [6.07, 6.45) is 0. The molecule has 0 aliphatic rings. The number of nitrogens with two attached hydrogens (primary N) is 1. The van der Waals surface area contributed by atoms with E-state index in [1.54, 1.807) is 0 Å². The van der Waals surface area contributed by atoms with Gasteiger partial charge in [0.2, 0.25) is 5.91 Å². The third-order valence-electron chi connectivity index (χ3n) is 2.91. The van der Waals surface area contributed by atoms with Gasteiger partial charge in [0.1, 0.15) is 12.4 Å². The number of carbonyl (C=O) groups excluding carboxylic acids is 1. The first-order valence-electron chi connectivity index (χ1n) is 6.53. The van der Waals surface area contributed by atoms with E-state index in [2.05, 4.69) is 5.32 Å². The number of nitrogens with one attached hydrogen (secondary N) is 1. The lowest BCUT2D eigenvalue weighted by Crippen LogP contribution is -2.49. The second-order valence-electron chi connectivity index (χ2n) is 5.80. The first kappa shape index (κ1) is 15.5. The van der Waals surface area contributed by atoms with Crippen molar-refractivity contribution in [3.8, 4) is 5.75 Å². The zero-order valence-corrected chi connectivity index (χ0v) is 12.2. The van der Waals surface area contributed by atoms with E-state index >= 15 is 0 Å². The Morgan fingerprint density at radius 1 is 1.32 bits per heavy atom. The molecule has 1 aromatic carbocycles. The zero-order valence-electron chi connectivity index (χ0n) is 12.2. The molecule has 3 N–H and O–H groups in total. The van der Waals surface area contributed by atoms with E-state index < -0.39 is 6.04 Å². The smallest absolute Gasteiger partial charge is 0.237 e. The highest BCUT2D eigenvalue weighted by molar-refractivity contribution is 5.82. The first-order chi connectivity index (χ1) is 8.80. The molecule has 0 bridgehead atoms. The van der Waals surface area contributed by atoms with Crippen LogP contribution in [0.25, 0.3) is 0 Å².